The zero-order valence-corrected chi connectivity index (χ0v) is 50.9. The van der Waals surface area contributed by atoms with E-state index in [1.165, 1.54) is 25.7 Å². The van der Waals surface area contributed by atoms with E-state index >= 15 is 0 Å². The van der Waals surface area contributed by atoms with Gasteiger partial charge in [-0.25, -0.2) is 4.79 Å². The van der Waals surface area contributed by atoms with Gasteiger partial charge in [-0.2, -0.15) is 0 Å². The molecule has 7 rings (SSSR count). The van der Waals surface area contributed by atoms with Crippen LogP contribution in [0.2, 0.25) is 0 Å². The Morgan fingerprint density at radius 2 is 1.08 bits per heavy atom. The minimum absolute atomic E-state index is 0.0460. The highest BCUT2D eigenvalue weighted by Crippen LogP contribution is 2.62. The van der Waals surface area contributed by atoms with Crippen LogP contribution in [0.3, 0.4) is 0 Å². The smallest absolute Gasteiger partial charge is 0.407 e. The first-order valence-electron chi connectivity index (χ1n) is 31.1. The summed E-state index contributed by atoms with van der Waals surface area (Å²) in [6.07, 6.45) is 18.8. The van der Waals surface area contributed by atoms with E-state index in [2.05, 4.69) is 86.9 Å². The largest absolute Gasteiger partial charge is 0.444 e. The van der Waals surface area contributed by atoms with Gasteiger partial charge in [0.05, 0.1) is 25.3 Å². The number of hydrogen-bond acceptors (Lipinski definition) is 10. The van der Waals surface area contributed by atoms with Crippen LogP contribution >= 0.6 is 0 Å². The van der Waals surface area contributed by atoms with E-state index in [1.807, 2.05) is 39.0 Å². The van der Waals surface area contributed by atoms with Crippen molar-refractivity contribution in [2.75, 3.05) is 69.4 Å². The number of anilines is 3. The van der Waals surface area contributed by atoms with E-state index < -0.39 is 23.2 Å². The number of nitrogens with zero attached hydrogens (tertiary/aromatic N) is 5. The van der Waals surface area contributed by atoms with Gasteiger partial charge in [0, 0.05) is 99.3 Å². The molecule has 454 valence electrons. The Morgan fingerprint density at radius 1 is 0.639 bits per heavy atom. The maximum absolute atomic E-state index is 14.5. The van der Waals surface area contributed by atoms with Crippen molar-refractivity contribution in [1.29, 1.82) is 0 Å². The molecule has 4 aliphatic rings. The molecule has 1 aliphatic heterocycles. The second kappa shape index (κ2) is 33.1. The van der Waals surface area contributed by atoms with Crippen molar-refractivity contribution < 1.29 is 38.2 Å². The van der Waals surface area contributed by atoms with E-state index in [0.29, 0.717) is 81.8 Å². The molecule has 0 aromatic heterocycles. The second-order valence-electron chi connectivity index (χ2n) is 24.1. The third kappa shape index (κ3) is 19.5. The number of amides is 6. The lowest BCUT2D eigenvalue weighted by atomic mass is 9.51. The van der Waals surface area contributed by atoms with Crippen molar-refractivity contribution in [1.82, 2.24) is 20.4 Å². The van der Waals surface area contributed by atoms with Crippen molar-refractivity contribution in [2.24, 2.45) is 5.11 Å². The quantitative estimate of drug-likeness (QED) is 0.0161. The number of rotatable bonds is 36. The highest BCUT2D eigenvalue weighted by atomic mass is 16.6. The average Bonchev–Trinajstić information content (AvgIpc) is 0.969. The highest BCUT2D eigenvalue weighted by molar-refractivity contribution is 5.94. The Bertz CT molecular complexity index is 2620. The van der Waals surface area contributed by atoms with E-state index in [0.717, 1.165) is 110 Å². The predicted octanol–water partition coefficient (Wildman–Crippen LogP) is 12.8. The van der Waals surface area contributed by atoms with Crippen LogP contribution in [0.5, 0.6) is 0 Å². The number of ether oxygens (including phenoxy) is 2. The first kappa shape index (κ1) is 65.7. The zero-order chi connectivity index (χ0) is 59.8. The van der Waals surface area contributed by atoms with Gasteiger partial charge in [-0.05, 0) is 135 Å². The Kier molecular flexibility index (Phi) is 26.2. The number of carbonyl (C=O) groups excluding carboxylic acids is 6. The van der Waals surface area contributed by atoms with Crippen molar-refractivity contribution in [3.05, 3.63) is 98.4 Å². The van der Waals surface area contributed by atoms with Crippen molar-refractivity contribution in [3.63, 3.8) is 0 Å². The molecular formula is C65H96N10O8. The monoisotopic (exact) mass is 1140 g/mol. The molecule has 0 spiro atoms. The van der Waals surface area contributed by atoms with Crippen molar-refractivity contribution in [3.8, 4) is 0 Å². The molecule has 2 atom stereocenters. The van der Waals surface area contributed by atoms with Gasteiger partial charge in [0.15, 0.2) is 0 Å². The van der Waals surface area contributed by atoms with Crippen LogP contribution in [0, 0.1) is 0 Å². The molecule has 18 heteroatoms. The minimum Gasteiger partial charge on any atom is -0.444 e. The SMILES string of the molecule is CCCCCCCCC(=O)Nc1ccc2c(c1)C1(CCC(=O)N(C)CCOCCN(C)C(=O)[C@@H]3C[C@H](N=[N+]=[N-])CN3)c3cc(NC(=O)CCCCCCCC)ccc3C2c2ccc(NC(=O)CCCCCCCNC(=O)OC(C)(C)C)cc21. The number of benzene rings is 3. The van der Waals surface area contributed by atoms with Crippen molar-refractivity contribution >= 4 is 52.7 Å². The fourth-order valence-electron chi connectivity index (χ4n) is 11.9. The lowest BCUT2D eigenvalue weighted by molar-refractivity contribution is -0.132. The molecule has 1 saturated heterocycles. The Balaban J connectivity index is 1.23. The summed E-state index contributed by atoms with van der Waals surface area (Å²) in [7, 11) is 3.49. The maximum atomic E-state index is 14.5. The molecule has 6 amide bonds. The van der Waals surface area contributed by atoms with Gasteiger partial charge >= 0.3 is 6.09 Å². The Morgan fingerprint density at radius 3 is 1.54 bits per heavy atom. The van der Waals surface area contributed by atoms with E-state index in [-0.39, 0.29) is 61.1 Å². The van der Waals surface area contributed by atoms with E-state index in [9.17, 15) is 28.8 Å². The summed E-state index contributed by atoms with van der Waals surface area (Å²) in [5, 5.41) is 19.4. The maximum Gasteiger partial charge on any atom is 0.407 e. The number of nitrogens with one attached hydrogen (secondary N) is 5. The standard InChI is InChI=1S/C65H96N10O8/c1-8-10-12-14-17-21-25-57(76)69-46-28-31-50-53(41-46)65(35-34-60(79)74(6)37-39-82-40-38-75(7)62(80)56-44-49(45-68-56)72-73-66)54-42-47(70-58(77)26-22-18-15-13-11-9-2)29-32-51(54)61(50)52-33-30-48(43-55(52)65)71-59(78)27-23-19-16-20-24-36-67-63(81)83-64(3,4)5/h28-33,41-43,49,56,61,68H,8-27,34-40,44-45H2,1-7H3,(H,67,81)(H,69,76)(H,70,77)(H,71,78)/t49-,56-,61?,65?/m0/s1. The molecule has 83 heavy (non-hydrogen) atoms. The molecule has 3 aromatic carbocycles. The number of hydrogen-bond donors (Lipinski definition) is 5. The summed E-state index contributed by atoms with van der Waals surface area (Å²) in [6, 6.07) is 17.8. The van der Waals surface area contributed by atoms with Gasteiger partial charge in [-0.3, -0.25) is 24.0 Å². The molecule has 0 radical (unpaired) electrons. The molecule has 1 heterocycles. The molecule has 3 aliphatic carbocycles. The van der Waals surface area contributed by atoms with Gasteiger partial charge in [-0.1, -0.05) is 121 Å². The summed E-state index contributed by atoms with van der Waals surface area (Å²) < 4.78 is 11.3. The molecule has 2 bridgehead atoms. The summed E-state index contributed by atoms with van der Waals surface area (Å²) >= 11 is 0. The van der Waals surface area contributed by atoms with Gasteiger partial charge in [0.2, 0.25) is 29.5 Å². The number of unbranched alkanes of at least 4 members (excludes halogenated alkanes) is 14. The number of likely N-dealkylation sites (N-methyl/N-ethyl adjacent to an activating group) is 2. The van der Waals surface area contributed by atoms with Crippen molar-refractivity contribution in [2.45, 2.75) is 211 Å². The summed E-state index contributed by atoms with van der Waals surface area (Å²) in [5.41, 5.74) is 15.4. The van der Waals surface area contributed by atoms with Gasteiger partial charge in [-0.15, -0.1) is 0 Å². The first-order valence-corrected chi connectivity index (χ1v) is 31.1. The third-order valence-corrected chi connectivity index (χ3v) is 16.4. The average molecular weight is 1150 g/mol. The van der Waals surface area contributed by atoms with Crippen LogP contribution in [0.1, 0.15) is 222 Å². The zero-order valence-electron chi connectivity index (χ0n) is 50.9. The van der Waals surface area contributed by atoms with Crippen LogP contribution in [0.25, 0.3) is 10.4 Å². The van der Waals surface area contributed by atoms with Gasteiger partial charge < -0.3 is 45.9 Å². The van der Waals surface area contributed by atoms with Gasteiger partial charge in [0.25, 0.3) is 0 Å². The minimum atomic E-state index is -0.951. The fourth-order valence-corrected chi connectivity index (χ4v) is 11.9. The summed E-state index contributed by atoms with van der Waals surface area (Å²) in [6.45, 7) is 12.1. The molecule has 3 aromatic rings. The normalized spacial score (nSPS) is 17.3. The number of alkyl carbamates (subject to hydrolysis) is 1. The first-order chi connectivity index (χ1) is 40.0. The molecular weight excluding hydrogens is 1050 g/mol. The fraction of sp³-hybridized carbons (Fsp3) is 0.631. The van der Waals surface area contributed by atoms with Crippen LogP contribution in [-0.2, 0) is 38.9 Å². The lowest BCUT2D eigenvalue weighted by Gasteiger charge is -2.51. The highest BCUT2D eigenvalue weighted by Gasteiger charge is 2.52. The van der Waals surface area contributed by atoms with E-state index in [4.69, 9.17) is 15.0 Å². The predicted molar refractivity (Wildman–Crippen MR) is 329 cm³/mol. The Labute approximate surface area is 493 Å². The summed E-state index contributed by atoms with van der Waals surface area (Å²) in [5.74, 6) is -0.573. The third-order valence-electron chi connectivity index (χ3n) is 16.4. The van der Waals surface area contributed by atoms with Gasteiger partial charge in [0.1, 0.15) is 5.60 Å². The number of azide groups is 1. The second-order valence-corrected chi connectivity index (χ2v) is 24.1. The van der Waals surface area contributed by atoms with E-state index in [1.54, 1.807) is 23.9 Å². The molecule has 18 nitrogen and oxygen atoms in total. The molecule has 1 fully saturated rings. The molecule has 5 N–H and O–H groups in total. The Hall–Kier alpha value is -6.49. The lowest BCUT2D eigenvalue weighted by Crippen LogP contribution is -2.43. The van der Waals surface area contributed by atoms with Crippen LogP contribution in [-0.4, -0.2) is 117 Å². The van der Waals surface area contributed by atoms with Crippen LogP contribution in [0.4, 0.5) is 21.9 Å². The molecule has 0 unspecified atom stereocenters. The van der Waals surface area contributed by atoms with Crippen LogP contribution in [0.15, 0.2) is 59.7 Å². The topological polar surface area (TPSA) is 236 Å². The number of carbonyl (C=O) groups is 6. The summed E-state index contributed by atoms with van der Waals surface area (Å²) in [4.78, 5) is 86.8. The molecule has 0 saturated carbocycles. The van der Waals surface area contributed by atoms with Crippen LogP contribution < -0.4 is 26.6 Å².